The predicted molar refractivity (Wildman–Crippen MR) is 90.8 cm³/mol. The van der Waals surface area contributed by atoms with E-state index in [4.69, 9.17) is 5.73 Å². The molecule has 2 aliphatic rings. The van der Waals surface area contributed by atoms with Crippen LogP contribution in [0.1, 0.15) is 79.6 Å². The molecule has 2 fully saturated rings. The molecular weight excluding hydrogens is 258 g/mol. The summed E-state index contributed by atoms with van der Waals surface area (Å²) in [6.45, 7) is 11.5. The van der Waals surface area contributed by atoms with Gasteiger partial charge in [0.05, 0.1) is 0 Å². The van der Waals surface area contributed by atoms with Crippen molar-refractivity contribution in [3.05, 3.63) is 0 Å². The predicted octanol–water partition coefficient (Wildman–Crippen LogP) is 5.01. The van der Waals surface area contributed by atoms with Gasteiger partial charge in [-0.05, 0) is 61.7 Å². The van der Waals surface area contributed by atoms with Crippen LogP contribution in [0.3, 0.4) is 0 Å². The first kappa shape index (κ1) is 18.5. The fraction of sp³-hybridized carbons (Fsp3) is 0.947. The summed E-state index contributed by atoms with van der Waals surface area (Å²) in [4.78, 5) is 10.8. The Kier molecular flexibility index (Phi) is 7.76. The van der Waals surface area contributed by atoms with Crippen molar-refractivity contribution < 1.29 is 4.79 Å². The van der Waals surface area contributed by atoms with E-state index in [0.29, 0.717) is 5.92 Å². The third-order valence-corrected chi connectivity index (χ3v) is 5.82. The Labute approximate surface area is 132 Å². The summed E-state index contributed by atoms with van der Waals surface area (Å²) in [6, 6.07) is 0. The zero-order chi connectivity index (χ0) is 16.0. The minimum Gasteiger partial charge on any atom is -0.369 e. The topological polar surface area (TPSA) is 43.1 Å². The van der Waals surface area contributed by atoms with Crippen molar-refractivity contribution in [1.29, 1.82) is 0 Å². The van der Waals surface area contributed by atoms with E-state index in [-0.39, 0.29) is 11.8 Å². The van der Waals surface area contributed by atoms with Gasteiger partial charge in [-0.15, -0.1) is 0 Å². The molecule has 0 saturated heterocycles. The summed E-state index contributed by atoms with van der Waals surface area (Å²) in [6.07, 6.45) is 9.14. The third kappa shape index (κ3) is 6.40. The first-order chi connectivity index (χ1) is 9.81. The molecule has 2 unspecified atom stereocenters. The largest absolute Gasteiger partial charge is 0.369 e. The van der Waals surface area contributed by atoms with E-state index in [1.54, 1.807) is 0 Å². The highest BCUT2D eigenvalue weighted by molar-refractivity contribution is 5.76. The maximum Gasteiger partial charge on any atom is 0.220 e. The molecular formula is C19H37NO. The number of rotatable bonds is 3. The zero-order valence-corrected chi connectivity index (χ0v) is 14.9. The molecule has 2 nitrogen and oxygen atoms in total. The Morgan fingerprint density at radius 3 is 1.67 bits per heavy atom. The summed E-state index contributed by atoms with van der Waals surface area (Å²) in [5.74, 6) is 4.47. The highest BCUT2D eigenvalue weighted by Gasteiger charge is 2.29. The minimum absolute atomic E-state index is 0.104. The lowest BCUT2D eigenvalue weighted by Gasteiger charge is -2.28. The number of primary amides is 1. The van der Waals surface area contributed by atoms with Crippen LogP contribution in [0, 0.1) is 35.5 Å². The first-order valence-corrected chi connectivity index (χ1v) is 9.10. The van der Waals surface area contributed by atoms with Crippen molar-refractivity contribution in [3.63, 3.8) is 0 Å². The van der Waals surface area contributed by atoms with Crippen LogP contribution in [-0.4, -0.2) is 5.91 Å². The van der Waals surface area contributed by atoms with Gasteiger partial charge in [-0.3, -0.25) is 4.79 Å². The van der Waals surface area contributed by atoms with Crippen LogP contribution < -0.4 is 5.73 Å². The van der Waals surface area contributed by atoms with E-state index >= 15 is 0 Å². The van der Waals surface area contributed by atoms with Crippen molar-refractivity contribution >= 4 is 5.91 Å². The maximum atomic E-state index is 10.8. The van der Waals surface area contributed by atoms with Crippen LogP contribution in [0.25, 0.3) is 0 Å². The maximum absolute atomic E-state index is 10.8. The lowest BCUT2D eigenvalue weighted by Crippen LogP contribution is -2.21. The molecule has 21 heavy (non-hydrogen) atoms. The molecule has 2 aliphatic carbocycles. The van der Waals surface area contributed by atoms with Gasteiger partial charge in [-0.25, -0.2) is 0 Å². The van der Waals surface area contributed by atoms with Crippen molar-refractivity contribution in [2.45, 2.75) is 79.6 Å². The van der Waals surface area contributed by atoms with E-state index in [9.17, 15) is 4.79 Å². The summed E-state index contributed by atoms with van der Waals surface area (Å²) in [7, 11) is 0. The van der Waals surface area contributed by atoms with Gasteiger partial charge < -0.3 is 5.73 Å². The number of hydrogen-bond acceptors (Lipinski definition) is 1. The van der Waals surface area contributed by atoms with E-state index in [1.807, 2.05) is 0 Å². The number of hydrogen-bond donors (Lipinski definition) is 1. The summed E-state index contributed by atoms with van der Waals surface area (Å²) in [5, 5.41) is 0. The average Bonchev–Trinajstić information content (AvgIpc) is 2.90. The number of carbonyl (C=O) groups is 1. The Bertz CT molecular complexity index is 303. The van der Waals surface area contributed by atoms with Crippen LogP contribution in [0.15, 0.2) is 0 Å². The van der Waals surface area contributed by atoms with Gasteiger partial charge in [-0.2, -0.15) is 0 Å². The second kappa shape index (κ2) is 8.80. The van der Waals surface area contributed by atoms with Gasteiger partial charge in [0.15, 0.2) is 0 Å². The average molecular weight is 296 g/mol. The Morgan fingerprint density at radius 2 is 1.33 bits per heavy atom. The molecule has 2 atom stereocenters. The third-order valence-electron chi connectivity index (χ3n) is 5.82. The molecule has 0 heterocycles. The second-order valence-electron chi connectivity index (χ2n) is 8.18. The number of carbonyl (C=O) groups excluding carboxylic acids is 1. The Hall–Kier alpha value is -0.530. The summed E-state index contributed by atoms with van der Waals surface area (Å²) < 4.78 is 0. The second-order valence-corrected chi connectivity index (χ2v) is 8.18. The zero-order valence-electron chi connectivity index (χ0n) is 14.9. The van der Waals surface area contributed by atoms with Crippen molar-refractivity contribution in [3.8, 4) is 0 Å². The molecule has 0 spiro atoms. The van der Waals surface area contributed by atoms with E-state index in [0.717, 1.165) is 36.5 Å². The molecule has 0 aromatic carbocycles. The van der Waals surface area contributed by atoms with E-state index in [1.165, 1.54) is 32.1 Å². The summed E-state index contributed by atoms with van der Waals surface area (Å²) >= 11 is 0. The fourth-order valence-corrected chi connectivity index (χ4v) is 3.83. The monoisotopic (exact) mass is 295 g/mol. The molecule has 2 rings (SSSR count). The van der Waals surface area contributed by atoms with Crippen molar-refractivity contribution in [1.82, 2.24) is 0 Å². The Morgan fingerprint density at radius 1 is 0.857 bits per heavy atom. The highest BCUT2D eigenvalue weighted by atomic mass is 16.1. The highest BCUT2D eigenvalue weighted by Crippen LogP contribution is 2.35. The first-order valence-electron chi connectivity index (χ1n) is 9.10. The van der Waals surface area contributed by atoms with Crippen LogP contribution >= 0.6 is 0 Å². The van der Waals surface area contributed by atoms with Crippen LogP contribution in [0.5, 0.6) is 0 Å². The SMILES string of the molecule is CC(C)C1CCC(C(N)=O)C1.CC1CCC(C(C)C)CC1. The van der Waals surface area contributed by atoms with E-state index in [2.05, 4.69) is 34.6 Å². The van der Waals surface area contributed by atoms with Crippen LogP contribution in [-0.2, 0) is 4.79 Å². The molecule has 0 radical (unpaired) electrons. The lowest BCUT2D eigenvalue weighted by molar-refractivity contribution is -0.121. The summed E-state index contributed by atoms with van der Waals surface area (Å²) in [5.41, 5.74) is 5.22. The minimum atomic E-state index is -0.104. The number of nitrogens with two attached hydrogens (primary N) is 1. The molecule has 2 heteroatoms. The molecule has 1 amide bonds. The normalized spacial score (nSPS) is 32.9. The molecule has 0 aliphatic heterocycles. The quantitative estimate of drug-likeness (QED) is 0.781. The smallest absolute Gasteiger partial charge is 0.220 e. The van der Waals surface area contributed by atoms with Crippen molar-refractivity contribution in [2.24, 2.45) is 41.2 Å². The number of amides is 1. The van der Waals surface area contributed by atoms with Crippen molar-refractivity contribution in [2.75, 3.05) is 0 Å². The molecule has 0 aromatic rings. The molecule has 0 bridgehead atoms. The molecule has 0 aromatic heterocycles. The van der Waals surface area contributed by atoms with Gasteiger partial charge in [0.1, 0.15) is 0 Å². The molecule has 124 valence electrons. The molecule has 2 N–H and O–H groups in total. The Balaban J connectivity index is 0.000000211. The fourth-order valence-electron chi connectivity index (χ4n) is 3.83. The van der Waals surface area contributed by atoms with Gasteiger partial charge in [0.25, 0.3) is 0 Å². The lowest BCUT2D eigenvalue weighted by atomic mass is 9.78. The molecule has 2 saturated carbocycles. The van der Waals surface area contributed by atoms with Crippen LogP contribution in [0.4, 0.5) is 0 Å². The van der Waals surface area contributed by atoms with Gasteiger partial charge in [0.2, 0.25) is 5.91 Å². The standard InChI is InChI=1S/C10H20.C9H17NO/c1-8(2)10-6-4-9(3)5-7-10;1-6(2)7-3-4-8(5-7)9(10)11/h8-10H,4-7H2,1-3H3;6-8H,3-5H2,1-2H3,(H2,10,11). The van der Waals surface area contributed by atoms with E-state index < -0.39 is 0 Å². The van der Waals surface area contributed by atoms with Gasteiger partial charge >= 0.3 is 0 Å². The van der Waals surface area contributed by atoms with Crippen LogP contribution in [0.2, 0.25) is 0 Å². The van der Waals surface area contributed by atoms with Gasteiger partial charge in [0, 0.05) is 5.92 Å². The van der Waals surface area contributed by atoms with Gasteiger partial charge in [-0.1, -0.05) is 47.5 Å².